The second-order valence-electron chi connectivity index (χ2n) is 5.26. The Bertz CT molecular complexity index is 577. The van der Waals surface area contributed by atoms with E-state index in [9.17, 15) is 8.42 Å². The summed E-state index contributed by atoms with van der Waals surface area (Å²) in [6, 6.07) is 6.68. The number of hydrazine groups is 1. The maximum Gasteiger partial charge on any atom is 0.263 e. The molecule has 0 radical (unpaired) electrons. The summed E-state index contributed by atoms with van der Waals surface area (Å²) in [5, 5.41) is 2.10. The molecule has 1 aliphatic rings. The molecule has 0 spiro atoms. The molecule has 1 saturated heterocycles. The van der Waals surface area contributed by atoms with Crippen LogP contribution in [-0.2, 0) is 10.0 Å². The van der Waals surface area contributed by atoms with E-state index in [2.05, 4.69) is 10.1 Å². The molecule has 21 heavy (non-hydrogen) atoms. The van der Waals surface area contributed by atoms with Gasteiger partial charge in [-0.1, -0.05) is 30.5 Å². The lowest BCUT2D eigenvalue weighted by Crippen LogP contribution is -2.48. The van der Waals surface area contributed by atoms with Gasteiger partial charge in [-0.3, -0.25) is 10.1 Å². The lowest BCUT2D eigenvalue weighted by Gasteiger charge is -2.22. The zero-order valence-electron chi connectivity index (χ0n) is 12.1. The van der Waals surface area contributed by atoms with Crippen molar-refractivity contribution in [3.63, 3.8) is 0 Å². The topological polar surface area (TPSA) is 61.4 Å². The minimum atomic E-state index is -3.62. The van der Waals surface area contributed by atoms with Gasteiger partial charge in [0.2, 0.25) is 0 Å². The number of aryl methyl sites for hydroxylation is 1. The molecule has 1 fully saturated rings. The number of nitrogens with one attached hydrogen (secondary N) is 2. The van der Waals surface area contributed by atoms with Crippen molar-refractivity contribution in [2.45, 2.75) is 37.5 Å². The van der Waals surface area contributed by atoms with Crippen LogP contribution in [0.2, 0.25) is 0 Å². The van der Waals surface area contributed by atoms with Gasteiger partial charge in [0.25, 0.3) is 10.0 Å². The molecule has 0 amide bonds. The summed E-state index contributed by atoms with van der Waals surface area (Å²) < 4.78 is 26.8. The highest BCUT2D eigenvalue weighted by Gasteiger charge is 2.17. The first-order valence-electron chi connectivity index (χ1n) is 7.12. The van der Waals surface area contributed by atoms with Crippen LogP contribution in [0.3, 0.4) is 0 Å². The minimum absolute atomic E-state index is 0.123. The summed E-state index contributed by atoms with van der Waals surface area (Å²) in [6.07, 6.45) is 4.61. The largest absolute Gasteiger partial charge is 0.295 e. The Hall–Kier alpha value is -1.18. The predicted octanol–water partition coefficient (Wildman–Crippen LogP) is 1.94. The van der Waals surface area contributed by atoms with E-state index in [1.165, 1.54) is 12.8 Å². The Labute approximate surface area is 131 Å². The Morgan fingerprint density at radius 1 is 1.10 bits per heavy atom. The quantitative estimate of drug-likeness (QED) is 0.831. The number of hydrogen-bond donors (Lipinski definition) is 2. The smallest absolute Gasteiger partial charge is 0.263 e. The van der Waals surface area contributed by atoms with Crippen LogP contribution in [-0.4, -0.2) is 31.6 Å². The third-order valence-electron chi connectivity index (χ3n) is 3.42. The van der Waals surface area contributed by atoms with Crippen LogP contribution in [0.1, 0.15) is 31.2 Å². The minimum Gasteiger partial charge on any atom is -0.295 e. The molecule has 1 aliphatic heterocycles. The normalized spacial score (nSPS) is 17.0. The Morgan fingerprint density at radius 3 is 2.24 bits per heavy atom. The highest BCUT2D eigenvalue weighted by Crippen LogP contribution is 2.10. The van der Waals surface area contributed by atoms with Gasteiger partial charge in [-0.2, -0.15) is 0 Å². The maximum absolute atomic E-state index is 12.2. The van der Waals surface area contributed by atoms with Crippen LogP contribution in [0.4, 0.5) is 0 Å². The third kappa shape index (κ3) is 4.94. The predicted molar refractivity (Wildman–Crippen MR) is 87.3 cm³/mol. The van der Waals surface area contributed by atoms with Gasteiger partial charge in [-0.25, -0.2) is 13.4 Å². The highest BCUT2D eigenvalue weighted by molar-refractivity contribution is 7.91. The van der Waals surface area contributed by atoms with Gasteiger partial charge in [0.15, 0.2) is 5.11 Å². The van der Waals surface area contributed by atoms with Crippen LogP contribution >= 0.6 is 12.2 Å². The first-order valence-corrected chi connectivity index (χ1v) is 9.01. The Morgan fingerprint density at radius 2 is 1.67 bits per heavy atom. The van der Waals surface area contributed by atoms with E-state index in [4.69, 9.17) is 12.2 Å². The van der Waals surface area contributed by atoms with Crippen LogP contribution in [0.25, 0.3) is 0 Å². The van der Waals surface area contributed by atoms with Crippen molar-refractivity contribution in [2.75, 3.05) is 13.1 Å². The van der Waals surface area contributed by atoms with Gasteiger partial charge in [-0.15, -0.1) is 0 Å². The monoisotopic (exact) mass is 327 g/mol. The average molecular weight is 327 g/mol. The molecule has 7 heteroatoms. The molecule has 0 aromatic heterocycles. The standard InChI is InChI=1S/C14H21N3O2S2/c1-12-6-8-13(9-7-12)21(18,19)16-14(20)15-17-10-4-2-3-5-11-17/h6-9H,2-5,10-11H2,1H3,(H2,15,16,20). The Balaban J connectivity index is 1.96. The fourth-order valence-corrected chi connectivity index (χ4v) is 3.61. The SMILES string of the molecule is Cc1ccc(S(=O)(=O)NC(=S)NN2CCCCCC2)cc1. The van der Waals surface area contributed by atoms with E-state index in [1.54, 1.807) is 24.3 Å². The first-order chi connectivity index (χ1) is 9.97. The van der Waals surface area contributed by atoms with Crippen LogP contribution in [0.15, 0.2) is 29.2 Å². The van der Waals surface area contributed by atoms with E-state index < -0.39 is 10.0 Å². The molecule has 2 rings (SSSR count). The lowest BCUT2D eigenvalue weighted by molar-refractivity contribution is 0.245. The van der Waals surface area contributed by atoms with Crippen molar-refractivity contribution in [2.24, 2.45) is 0 Å². The number of nitrogens with zero attached hydrogens (tertiary/aromatic N) is 1. The third-order valence-corrected chi connectivity index (χ3v) is 5.11. The molecule has 0 unspecified atom stereocenters. The van der Waals surface area contributed by atoms with Gasteiger partial charge in [0.1, 0.15) is 0 Å². The molecule has 0 atom stereocenters. The summed E-state index contributed by atoms with van der Waals surface area (Å²) >= 11 is 5.11. The van der Waals surface area contributed by atoms with Crippen molar-refractivity contribution in [1.82, 2.24) is 15.2 Å². The van der Waals surface area contributed by atoms with E-state index in [1.807, 2.05) is 11.9 Å². The molecule has 0 bridgehead atoms. The maximum atomic E-state index is 12.2. The summed E-state index contributed by atoms with van der Waals surface area (Å²) in [5.74, 6) is 0. The molecule has 5 nitrogen and oxygen atoms in total. The van der Waals surface area contributed by atoms with E-state index in [0.717, 1.165) is 31.5 Å². The molecule has 0 saturated carbocycles. The fraction of sp³-hybridized carbons (Fsp3) is 0.500. The number of sulfonamides is 1. The van der Waals surface area contributed by atoms with Gasteiger partial charge in [0, 0.05) is 13.1 Å². The molecular formula is C14H21N3O2S2. The highest BCUT2D eigenvalue weighted by atomic mass is 32.2. The van der Waals surface area contributed by atoms with Gasteiger partial charge in [0.05, 0.1) is 4.90 Å². The summed E-state index contributed by atoms with van der Waals surface area (Å²) in [4.78, 5) is 0.216. The number of benzene rings is 1. The molecule has 0 aliphatic carbocycles. The molecule has 1 heterocycles. The second kappa shape index (κ2) is 7.20. The number of rotatable bonds is 3. The number of hydrogen-bond acceptors (Lipinski definition) is 4. The van der Waals surface area contributed by atoms with Crippen molar-refractivity contribution in [3.05, 3.63) is 29.8 Å². The van der Waals surface area contributed by atoms with Gasteiger partial charge >= 0.3 is 0 Å². The molecule has 2 N–H and O–H groups in total. The van der Waals surface area contributed by atoms with Crippen LogP contribution in [0.5, 0.6) is 0 Å². The van der Waals surface area contributed by atoms with E-state index in [-0.39, 0.29) is 10.0 Å². The van der Waals surface area contributed by atoms with Crippen molar-refractivity contribution >= 4 is 27.4 Å². The van der Waals surface area contributed by atoms with Crippen molar-refractivity contribution in [1.29, 1.82) is 0 Å². The summed E-state index contributed by atoms with van der Waals surface area (Å²) in [6.45, 7) is 3.67. The zero-order chi connectivity index (χ0) is 15.3. The molecule has 116 valence electrons. The first kappa shape index (κ1) is 16.2. The summed E-state index contributed by atoms with van der Waals surface area (Å²) in [7, 11) is -3.62. The van der Waals surface area contributed by atoms with Crippen LogP contribution < -0.4 is 10.1 Å². The number of thiocarbonyl (C=S) groups is 1. The fourth-order valence-electron chi connectivity index (χ4n) is 2.25. The molecule has 1 aromatic carbocycles. The lowest BCUT2D eigenvalue weighted by atomic mass is 10.2. The van der Waals surface area contributed by atoms with Crippen molar-refractivity contribution in [3.8, 4) is 0 Å². The van der Waals surface area contributed by atoms with E-state index in [0.29, 0.717) is 0 Å². The second-order valence-corrected chi connectivity index (χ2v) is 7.35. The van der Waals surface area contributed by atoms with E-state index >= 15 is 0 Å². The van der Waals surface area contributed by atoms with Crippen LogP contribution in [0, 0.1) is 6.92 Å². The zero-order valence-corrected chi connectivity index (χ0v) is 13.8. The van der Waals surface area contributed by atoms with Gasteiger partial charge < -0.3 is 0 Å². The van der Waals surface area contributed by atoms with Gasteiger partial charge in [-0.05, 0) is 44.1 Å². The molecule has 1 aromatic rings. The Kier molecular flexibility index (Phi) is 5.55. The van der Waals surface area contributed by atoms with Crippen molar-refractivity contribution < 1.29 is 8.42 Å². The molecular weight excluding hydrogens is 306 g/mol. The summed E-state index contributed by atoms with van der Waals surface area (Å²) in [5.41, 5.74) is 3.98. The average Bonchev–Trinajstić information content (AvgIpc) is 2.67.